The Morgan fingerprint density at radius 1 is 1.18 bits per heavy atom. The molecule has 1 aromatic carbocycles. The summed E-state index contributed by atoms with van der Waals surface area (Å²) in [6.45, 7) is 9.18. The molecule has 1 aliphatic rings. The average Bonchev–Trinajstić information content (AvgIpc) is 2.61. The van der Waals surface area contributed by atoms with Crippen LogP contribution in [0.1, 0.15) is 38.1 Å². The Balaban J connectivity index is 2.28. The maximum absolute atomic E-state index is 13.2. The fourth-order valence-electron chi connectivity index (χ4n) is 2.86. The van der Waals surface area contributed by atoms with Crippen LogP contribution in [0.3, 0.4) is 0 Å². The van der Waals surface area contributed by atoms with Gasteiger partial charge in [-0.25, -0.2) is 4.39 Å². The van der Waals surface area contributed by atoms with Crippen molar-refractivity contribution in [1.82, 2.24) is 0 Å². The van der Waals surface area contributed by atoms with Gasteiger partial charge in [0.25, 0.3) is 0 Å². The van der Waals surface area contributed by atoms with Crippen molar-refractivity contribution >= 4 is 31.9 Å². The number of halogens is 3. The third-order valence-corrected chi connectivity index (χ3v) is 6.35. The van der Waals surface area contributed by atoms with Gasteiger partial charge in [-0.1, -0.05) is 49.7 Å². The molecule has 0 aliphatic heterocycles. The lowest BCUT2D eigenvalue weighted by molar-refractivity contribution is 0.457. The lowest BCUT2D eigenvalue weighted by Crippen LogP contribution is -1.99. The van der Waals surface area contributed by atoms with Crippen LogP contribution >= 0.6 is 31.9 Å². The monoisotopic (exact) mass is 362 g/mol. The summed E-state index contributed by atoms with van der Waals surface area (Å²) in [6, 6.07) is 5.26. The molecule has 0 bridgehead atoms. The van der Waals surface area contributed by atoms with Gasteiger partial charge in [-0.15, -0.1) is 0 Å². The van der Waals surface area contributed by atoms with E-state index in [1.54, 1.807) is 0 Å². The van der Waals surface area contributed by atoms with E-state index in [1.807, 2.05) is 12.1 Å². The van der Waals surface area contributed by atoms with Crippen molar-refractivity contribution in [3.8, 4) is 0 Å². The predicted octanol–water partition coefficient (Wildman–Crippen LogP) is 5.71. The summed E-state index contributed by atoms with van der Waals surface area (Å²) >= 11 is 7.02. The van der Waals surface area contributed by atoms with Crippen LogP contribution in [0.25, 0.3) is 0 Å². The van der Waals surface area contributed by atoms with Crippen LogP contribution in [-0.4, -0.2) is 0 Å². The topological polar surface area (TPSA) is 0 Å². The molecule has 1 saturated carbocycles. The Kier molecular flexibility index (Phi) is 3.23. The van der Waals surface area contributed by atoms with Gasteiger partial charge in [-0.05, 0) is 50.4 Å². The summed E-state index contributed by atoms with van der Waals surface area (Å²) in [4.78, 5) is 0.282. The van der Waals surface area contributed by atoms with Gasteiger partial charge in [-0.3, -0.25) is 0 Å². The Bertz CT molecular complexity index is 438. The maximum atomic E-state index is 13.2. The molecule has 1 aliphatic carbocycles. The van der Waals surface area contributed by atoms with Gasteiger partial charge >= 0.3 is 0 Å². The van der Waals surface area contributed by atoms with Crippen LogP contribution in [0, 0.1) is 22.6 Å². The SMILES string of the molecule is CC1(C)C(C(Br)c2ccc(F)c(Br)c2)C1(C)C. The van der Waals surface area contributed by atoms with E-state index in [-0.39, 0.29) is 10.6 Å². The summed E-state index contributed by atoms with van der Waals surface area (Å²) in [7, 11) is 0. The first-order chi connectivity index (χ1) is 7.69. The van der Waals surface area contributed by atoms with Gasteiger partial charge in [0.1, 0.15) is 5.82 Å². The minimum Gasteiger partial charge on any atom is -0.206 e. The molecule has 3 heteroatoms. The van der Waals surface area contributed by atoms with Gasteiger partial charge in [0.05, 0.1) is 4.47 Å². The normalized spacial score (nSPS) is 23.5. The molecule has 0 radical (unpaired) electrons. The van der Waals surface area contributed by atoms with Crippen molar-refractivity contribution < 1.29 is 4.39 Å². The minimum absolute atomic E-state index is 0.206. The van der Waals surface area contributed by atoms with Crippen molar-refractivity contribution in [3.63, 3.8) is 0 Å². The Morgan fingerprint density at radius 3 is 2.12 bits per heavy atom. The highest BCUT2D eigenvalue weighted by atomic mass is 79.9. The molecule has 1 fully saturated rings. The number of benzene rings is 1. The first kappa shape index (κ1) is 13.5. The molecule has 1 aromatic rings. The molecule has 0 N–H and O–H groups in total. The van der Waals surface area contributed by atoms with Crippen LogP contribution < -0.4 is 0 Å². The molecule has 94 valence electrons. The van der Waals surface area contributed by atoms with Crippen LogP contribution in [0.4, 0.5) is 4.39 Å². The maximum Gasteiger partial charge on any atom is 0.137 e. The molecular formula is C14H17Br2F. The van der Waals surface area contributed by atoms with Gasteiger partial charge in [-0.2, -0.15) is 0 Å². The summed E-state index contributed by atoms with van der Waals surface area (Å²) in [5, 5.41) is 0. The van der Waals surface area contributed by atoms with E-state index >= 15 is 0 Å². The molecule has 0 aromatic heterocycles. The van der Waals surface area contributed by atoms with Crippen molar-refractivity contribution in [2.24, 2.45) is 16.7 Å². The van der Waals surface area contributed by atoms with Crippen molar-refractivity contribution in [2.45, 2.75) is 32.5 Å². The van der Waals surface area contributed by atoms with E-state index in [4.69, 9.17) is 0 Å². The van der Waals surface area contributed by atoms with E-state index in [2.05, 4.69) is 59.6 Å². The van der Waals surface area contributed by atoms with Crippen molar-refractivity contribution in [3.05, 3.63) is 34.1 Å². The van der Waals surface area contributed by atoms with Gasteiger partial charge in [0, 0.05) is 4.83 Å². The molecule has 2 rings (SSSR count). The van der Waals surface area contributed by atoms with E-state index in [0.717, 1.165) is 5.56 Å². The third kappa shape index (κ3) is 1.99. The highest BCUT2D eigenvalue weighted by Crippen LogP contribution is 2.73. The highest BCUT2D eigenvalue weighted by molar-refractivity contribution is 9.10. The molecule has 0 spiro atoms. The van der Waals surface area contributed by atoms with Crippen LogP contribution in [0.15, 0.2) is 22.7 Å². The van der Waals surface area contributed by atoms with Gasteiger partial charge < -0.3 is 0 Å². The van der Waals surface area contributed by atoms with E-state index in [9.17, 15) is 4.39 Å². The van der Waals surface area contributed by atoms with Crippen molar-refractivity contribution in [2.75, 3.05) is 0 Å². The number of alkyl halides is 1. The third-order valence-electron chi connectivity index (χ3n) is 4.69. The Hall–Kier alpha value is 0.110. The molecule has 1 atom stereocenters. The van der Waals surface area contributed by atoms with Crippen LogP contribution in [0.5, 0.6) is 0 Å². The van der Waals surface area contributed by atoms with E-state index in [1.165, 1.54) is 6.07 Å². The molecular weight excluding hydrogens is 347 g/mol. The van der Waals surface area contributed by atoms with E-state index in [0.29, 0.717) is 21.2 Å². The summed E-state index contributed by atoms with van der Waals surface area (Å²) < 4.78 is 13.8. The van der Waals surface area contributed by atoms with E-state index < -0.39 is 0 Å². The molecule has 0 heterocycles. The zero-order valence-corrected chi connectivity index (χ0v) is 13.7. The van der Waals surface area contributed by atoms with Gasteiger partial charge in [0.15, 0.2) is 0 Å². The zero-order chi connectivity index (χ0) is 13.0. The minimum atomic E-state index is -0.206. The summed E-state index contributed by atoms with van der Waals surface area (Å²) in [5.41, 5.74) is 1.78. The van der Waals surface area contributed by atoms with Crippen molar-refractivity contribution in [1.29, 1.82) is 0 Å². The quantitative estimate of drug-likeness (QED) is 0.590. The first-order valence-electron chi connectivity index (χ1n) is 5.78. The molecule has 1 unspecified atom stereocenters. The second-order valence-electron chi connectivity index (χ2n) is 6.00. The molecule has 0 nitrogen and oxygen atoms in total. The van der Waals surface area contributed by atoms with Gasteiger partial charge in [0.2, 0.25) is 0 Å². The second kappa shape index (κ2) is 4.06. The fourth-order valence-corrected chi connectivity index (χ4v) is 4.86. The lowest BCUT2D eigenvalue weighted by Gasteiger charge is -2.13. The average molecular weight is 364 g/mol. The fraction of sp³-hybridized carbons (Fsp3) is 0.571. The second-order valence-corrected chi connectivity index (χ2v) is 7.84. The molecule has 0 saturated heterocycles. The smallest absolute Gasteiger partial charge is 0.137 e. The van der Waals surface area contributed by atoms with Crippen LogP contribution in [0.2, 0.25) is 0 Å². The lowest BCUT2D eigenvalue weighted by atomic mass is 10.0. The predicted molar refractivity (Wildman–Crippen MR) is 76.8 cm³/mol. The zero-order valence-electron chi connectivity index (χ0n) is 10.5. The van der Waals surface area contributed by atoms with Crippen LogP contribution in [-0.2, 0) is 0 Å². The highest BCUT2D eigenvalue weighted by Gasteiger charge is 2.66. The Morgan fingerprint density at radius 2 is 1.71 bits per heavy atom. The molecule has 0 amide bonds. The summed E-state index contributed by atoms with van der Waals surface area (Å²) in [5.74, 6) is 0.370. The Labute approximate surface area is 119 Å². The first-order valence-corrected chi connectivity index (χ1v) is 7.49. The number of hydrogen-bond acceptors (Lipinski definition) is 0. The number of hydrogen-bond donors (Lipinski definition) is 0. The largest absolute Gasteiger partial charge is 0.206 e. The summed E-state index contributed by atoms with van der Waals surface area (Å²) in [6.07, 6.45) is 0. The number of rotatable bonds is 2. The molecule has 17 heavy (non-hydrogen) atoms. The standard InChI is InChI=1S/C14H17Br2F/c1-13(2)12(14(13,3)4)11(16)8-5-6-10(17)9(15)7-8/h5-7,11-12H,1-4H3.